The highest BCUT2D eigenvalue weighted by Crippen LogP contribution is 2.33. The lowest BCUT2D eigenvalue weighted by Gasteiger charge is -2.30. The van der Waals surface area contributed by atoms with Gasteiger partial charge in [-0.3, -0.25) is 19.8 Å². The van der Waals surface area contributed by atoms with E-state index in [0.29, 0.717) is 12.8 Å². The van der Waals surface area contributed by atoms with Crippen LogP contribution in [0.2, 0.25) is 0 Å². The molecule has 3 N–H and O–H groups in total. The molecule has 1 spiro atoms. The first kappa shape index (κ1) is 23.5. The number of ether oxygens (including phenoxy) is 1. The molecule has 0 unspecified atom stereocenters. The lowest BCUT2D eigenvalue weighted by Crippen LogP contribution is -2.48. The number of urea groups is 1. The molecule has 174 valence electrons. The molecule has 0 aromatic heterocycles. The number of hydrogen-bond acceptors (Lipinski definition) is 5. The van der Waals surface area contributed by atoms with E-state index in [1.54, 1.807) is 20.8 Å². The third-order valence-electron chi connectivity index (χ3n) is 5.41. The summed E-state index contributed by atoms with van der Waals surface area (Å²) in [5.74, 6) is -1.44. The van der Waals surface area contributed by atoms with Crippen molar-refractivity contribution >= 4 is 35.3 Å². The Labute approximate surface area is 186 Å². The van der Waals surface area contributed by atoms with Crippen LogP contribution in [-0.2, 0) is 14.3 Å². The van der Waals surface area contributed by atoms with E-state index in [-0.39, 0.29) is 30.2 Å². The van der Waals surface area contributed by atoms with E-state index in [9.17, 15) is 23.6 Å². The van der Waals surface area contributed by atoms with Gasteiger partial charge in [0.25, 0.3) is 5.91 Å². The fourth-order valence-corrected chi connectivity index (χ4v) is 3.94. The van der Waals surface area contributed by atoms with E-state index >= 15 is 0 Å². The molecule has 1 aromatic rings. The summed E-state index contributed by atoms with van der Waals surface area (Å²) in [7, 11) is 0. The van der Waals surface area contributed by atoms with Crippen molar-refractivity contribution in [1.29, 1.82) is 0 Å². The van der Waals surface area contributed by atoms with Gasteiger partial charge >= 0.3 is 12.1 Å². The minimum absolute atomic E-state index is 0.0433. The second-order valence-electron chi connectivity index (χ2n) is 9.14. The Morgan fingerprint density at radius 1 is 1.12 bits per heavy atom. The summed E-state index contributed by atoms with van der Waals surface area (Å²) in [4.78, 5) is 50.7. The Balaban J connectivity index is 1.61. The highest BCUT2D eigenvalue weighted by atomic mass is 19.1. The number of carbonyl (C=O) groups is 4. The Morgan fingerprint density at radius 2 is 1.81 bits per heavy atom. The van der Waals surface area contributed by atoms with Crippen molar-refractivity contribution in [2.45, 2.75) is 70.4 Å². The van der Waals surface area contributed by atoms with Gasteiger partial charge in [0.2, 0.25) is 5.91 Å². The summed E-state index contributed by atoms with van der Waals surface area (Å²) in [5.41, 5.74) is -1.38. The van der Waals surface area contributed by atoms with Gasteiger partial charge < -0.3 is 15.4 Å². The molecule has 0 atom stereocenters. The predicted octanol–water partition coefficient (Wildman–Crippen LogP) is 3.76. The van der Waals surface area contributed by atoms with Crippen LogP contribution < -0.4 is 16.0 Å². The van der Waals surface area contributed by atoms with E-state index in [4.69, 9.17) is 4.74 Å². The molecule has 2 fully saturated rings. The maximum atomic E-state index is 13.7. The molecule has 0 bridgehead atoms. The lowest BCUT2D eigenvalue weighted by molar-refractivity contribution is -0.132. The van der Waals surface area contributed by atoms with Crippen molar-refractivity contribution in [2.75, 3.05) is 17.2 Å². The number of anilines is 2. The van der Waals surface area contributed by atoms with Gasteiger partial charge in [-0.1, -0.05) is 19.3 Å². The van der Waals surface area contributed by atoms with E-state index in [1.165, 1.54) is 6.07 Å². The van der Waals surface area contributed by atoms with E-state index < -0.39 is 35.0 Å². The summed E-state index contributed by atoms with van der Waals surface area (Å²) in [6.45, 7) is 5.01. The highest BCUT2D eigenvalue weighted by Gasteiger charge is 2.51. The summed E-state index contributed by atoms with van der Waals surface area (Å²) in [6.07, 6.45) is 3.04. The van der Waals surface area contributed by atoms with Crippen molar-refractivity contribution < 1.29 is 28.3 Å². The molecule has 1 saturated heterocycles. The SMILES string of the molecule is CC(C)(C)OC(=O)Nc1ccc(F)cc1NC(=O)CCN1C(=O)NC2(CCCCC2)C1=O. The van der Waals surface area contributed by atoms with Gasteiger partial charge in [0, 0.05) is 13.0 Å². The van der Waals surface area contributed by atoms with Crippen LogP contribution in [0.15, 0.2) is 18.2 Å². The van der Waals surface area contributed by atoms with Gasteiger partial charge in [0.15, 0.2) is 0 Å². The molecule has 1 aromatic carbocycles. The second kappa shape index (κ2) is 9.13. The lowest BCUT2D eigenvalue weighted by atomic mass is 9.82. The van der Waals surface area contributed by atoms with Crippen LogP contribution in [0.25, 0.3) is 0 Å². The standard InChI is InChI=1S/C22H29FN4O5/c1-21(2,3)32-20(31)25-15-8-7-14(23)13-16(15)24-17(28)9-12-27-18(29)22(26-19(27)30)10-5-4-6-11-22/h7-8,13H,4-6,9-12H2,1-3H3,(H,24,28)(H,25,31)(H,26,30). The van der Waals surface area contributed by atoms with E-state index in [1.807, 2.05) is 0 Å². The predicted molar refractivity (Wildman–Crippen MR) is 116 cm³/mol. The minimum Gasteiger partial charge on any atom is -0.444 e. The number of imide groups is 1. The van der Waals surface area contributed by atoms with Gasteiger partial charge in [0.05, 0.1) is 11.4 Å². The Morgan fingerprint density at radius 3 is 2.47 bits per heavy atom. The van der Waals surface area contributed by atoms with Crippen molar-refractivity contribution in [3.05, 3.63) is 24.0 Å². The third-order valence-corrected chi connectivity index (χ3v) is 5.41. The van der Waals surface area contributed by atoms with Crippen LogP contribution in [0.3, 0.4) is 0 Å². The maximum absolute atomic E-state index is 13.7. The maximum Gasteiger partial charge on any atom is 0.412 e. The zero-order chi connectivity index (χ0) is 23.5. The highest BCUT2D eigenvalue weighted by molar-refractivity contribution is 6.07. The number of benzene rings is 1. The van der Waals surface area contributed by atoms with Crippen LogP contribution in [0, 0.1) is 5.82 Å². The minimum atomic E-state index is -0.848. The zero-order valence-corrected chi connectivity index (χ0v) is 18.5. The van der Waals surface area contributed by atoms with Crippen LogP contribution >= 0.6 is 0 Å². The van der Waals surface area contributed by atoms with Crippen molar-refractivity contribution in [3.63, 3.8) is 0 Å². The second-order valence-corrected chi connectivity index (χ2v) is 9.14. The topological polar surface area (TPSA) is 117 Å². The van der Waals surface area contributed by atoms with Crippen molar-refractivity contribution in [2.24, 2.45) is 0 Å². The number of hydrogen-bond donors (Lipinski definition) is 3. The normalized spacial score (nSPS) is 17.8. The van der Waals surface area contributed by atoms with Crippen molar-refractivity contribution in [1.82, 2.24) is 10.2 Å². The van der Waals surface area contributed by atoms with Gasteiger partial charge in [0.1, 0.15) is 17.0 Å². The molecule has 5 amide bonds. The molecule has 0 radical (unpaired) electrons. The van der Waals surface area contributed by atoms with Gasteiger partial charge in [-0.15, -0.1) is 0 Å². The van der Waals surface area contributed by atoms with Crippen LogP contribution in [0.1, 0.15) is 59.3 Å². The molecule has 1 heterocycles. The van der Waals surface area contributed by atoms with E-state index in [0.717, 1.165) is 36.3 Å². The molecule has 9 nitrogen and oxygen atoms in total. The number of nitrogens with zero attached hydrogens (tertiary/aromatic N) is 1. The summed E-state index contributed by atoms with van der Waals surface area (Å²) in [6, 6.07) is 3.01. The quantitative estimate of drug-likeness (QED) is 0.593. The molecule has 1 saturated carbocycles. The molecule has 2 aliphatic rings. The fraction of sp³-hybridized carbons (Fsp3) is 0.545. The van der Waals surface area contributed by atoms with E-state index in [2.05, 4.69) is 16.0 Å². The molecule has 1 aliphatic carbocycles. The first-order valence-electron chi connectivity index (χ1n) is 10.7. The first-order chi connectivity index (χ1) is 15.0. The van der Waals surface area contributed by atoms with Crippen LogP contribution in [-0.4, -0.2) is 46.5 Å². The number of halogens is 1. The number of rotatable bonds is 5. The summed E-state index contributed by atoms with van der Waals surface area (Å²) < 4.78 is 18.9. The Hall–Kier alpha value is -3.17. The number of nitrogens with one attached hydrogen (secondary N) is 3. The van der Waals surface area contributed by atoms with Gasteiger partial charge in [-0.05, 0) is 51.8 Å². The monoisotopic (exact) mass is 448 g/mol. The molecular weight excluding hydrogens is 419 g/mol. The van der Waals surface area contributed by atoms with Crippen molar-refractivity contribution in [3.8, 4) is 0 Å². The third kappa shape index (κ3) is 5.54. The average molecular weight is 448 g/mol. The fourth-order valence-electron chi connectivity index (χ4n) is 3.94. The molecule has 10 heteroatoms. The first-order valence-corrected chi connectivity index (χ1v) is 10.7. The molecule has 3 rings (SSSR count). The summed E-state index contributed by atoms with van der Waals surface area (Å²) in [5, 5.41) is 7.80. The zero-order valence-electron chi connectivity index (χ0n) is 18.5. The average Bonchev–Trinajstić information content (AvgIpc) is 2.90. The largest absolute Gasteiger partial charge is 0.444 e. The molecule has 1 aliphatic heterocycles. The van der Waals surface area contributed by atoms with Gasteiger partial charge in [-0.25, -0.2) is 14.0 Å². The smallest absolute Gasteiger partial charge is 0.412 e. The van der Waals surface area contributed by atoms with Gasteiger partial charge in [-0.2, -0.15) is 0 Å². The Bertz CT molecular complexity index is 921. The van der Waals surface area contributed by atoms with Crippen LogP contribution in [0.5, 0.6) is 0 Å². The summed E-state index contributed by atoms with van der Waals surface area (Å²) >= 11 is 0. The number of amides is 5. The van der Waals surface area contributed by atoms with Crippen LogP contribution in [0.4, 0.5) is 25.4 Å². The number of carbonyl (C=O) groups excluding carboxylic acids is 4. The molecule has 32 heavy (non-hydrogen) atoms. The molecular formula is C22H29FN4O5. The Kier molecular flexibility index (Phi) is 6.71.